The minimum atomic E-state index is -3.88. The van der Waals surface area contributed by atoms with Gasteiger partial charge in [0.1, 0.15) is 11.5 Å². The van der Waals surface area contributed by atoms with Crippen LogP contribution in [0.5, 0.6) is 0 Å². The Morgan fingerprint density at radius 1 is 1.11 bits per heavy atom. The Balaban J connectivity index is 2.14. The van der Waals surface area contributed by atoms with Crippen molar-refractivity contribution in [2.75, 3.05) is 6.66 Å². The fraction of sp³-hybridized carbons (Fsp3) is 0.118. The molecule has 1 unspecified atom stereocenters. The lowest BCUT2D eigenvalue weighted by Gasteiger charge is -2.09. The van der Waals surface area contributed by atoms with Crippen molar-refractivity contribution < 1.29 is 21.6 Å². The molecule has 0 fully saturated rings. The number of nitrogens with two attached hydrogens (primary N) is 1. The van der Waals surface area contributed by atoms with Crippen LogP contribution in [-0.4, -0.2) is 24.9 Å². The molecule has 3 rings (SSSR count). The lowest BCUT2D eigenvalue weighted by Crippen LogP contribution is -2.12. The van der Waals surface area contributed by atoms with Gasteiger partial charge in [0.15, 0.2) is 0 Å². The number of hydrogen-bond acceptors (Lipinski definition) is 3. The summed E-state index contributed by atoms with van der Waals surface area (Å²) in [7, 11) is -3.62. The van der Waals surface area contributed by atoms with Crippen LogP contribution >= 0.6 is 8.58 Å². The Morgan fingerprint density at radius 3 is 2.30 bits per heavy atom. The zero-order chi connectivity index (χ0) is 19.8. The predicted octanol–water partition coefficient (Wildman–Crippen LogP) is 3.20. The van der Waals surface area contributed by atoms with Crippen LogP contribution in [0.2, 0.25) is 0 Å². The first-order chi connectivity index (χ1) is 12.7. The first-order valence-corrected chi connectivity index (χ1v) is 10.7. The normalized spacial score (nSPS) is 12.4. The van der Waals surface area contributed by atoms with E-state index in [2.05, 4.69) is 5.10 Å². The van der Waals surface area contributed by atoms with Crippen molar-refractivity contribution in [3.05, 3.63) is 60.0 Å². The third-order valence-electron chi connectivity index (χ3n) is 3.90. The highest BCUT2D eigenvalue weighted by Crippen LogP contribution is 2.29. The number of alkyl halides is 2. The average molecular weight is 413 g/mol. The minimum absolute atomic E-state index is 0.117. The van der Waals surface area contributed by atoms with Gasteiger partial charge < -0.3 is 0 Å². The second-order valence-electron chi connectivity index (χ2n) is 5.65. The Labute approximate surface area is 155 Å². The Kier molecular flexibility index (Phi) is 5.37. The molecule has 0 radical (unpaired) electrons. The van der Waals surface area contributed by atoms with E-state index in [0.717, 1.165) is 0 Å². The van der Waals surface area contributed by atoms with Crippen LogP contribution in [0.4, 0.5) is 13.2 Å². The highest BCUT2D eigenvalue weighted by atomic mass is 32.2. The van der Waals surface area contributed by atoms with Gasteiger partial charge in [0, 0.05) is 10.9 Å². The quantitative estimate of drug-likeness (QED) is 0.653. The third kappa shape index (κ3) is 4.05. The van der Waals surface area contributed by atoms with E-state index < -0.39 is 28.0 Å². The average Bonchev–Trinajstić information content (AvgIpc) is 3.06. The van der Waals surface area contributed by atoms with Gasteiger partial charge in [-0.3, -0.25) is 0 Å². The zero-order valence-corrected chi connectivity index (χ0v) is 15.8. The summed E-state index contributed by atoms with van der Waals surface area (Å²) in [6, 6.07) is 11.0. The van der Waals surface area contributed by atoms with Crippen molar-refractivity contribution in [2.45, 2.75) is 11.3 Å². The van der Waals surface area contributed by atoms with E-state index in [4.69, 9.17) is 5.14 Å². The summed E-state index contributed by atoms with van der Waals surface area (Å²) in [6.45, 7) is 1.84. The molecule has 0 aliphatic rings. The van der Waals surface area contributed by atoms with Crippen molar-refractivity contribution >= 4 is 23.9 Å². The second kappa shape index (κ2) is 7.42. The molecule has 10 heteroatoms. The number of hydrogen-bond donors (Lipinski definition) is 1. The van der Waals surface area contributed by atoms with E-state index in [9.17, 15) is 21.6 Å². The van der Waals surface area contributed by atoms with Crippen molar-refractivity contribution in [1.82, 2.24) is 9.78 Å². The van der Waals surface area contributed by atoms with Crippen molar-refractivity contribution in [3.8, 4) is 16.9 Å². The molecule has 0 aliphatic carbocycles. The molecule has 142 valence electrons. The van der Waals surface area contributed by atoms with E-state index in [-0.39, 0.29) is 19.2 Å². The smallest absolute Gasteiger partial charge is 0.233 e. The number of halogens is 3. The summed E-state index contributed by atoms with van der Waals surface area (Å²) in [5, 5.41) is 9.49. The second-order valence-corrected chi connectivity index (χ2v) is 8.25. The molecular formula is C17H15F3N3O2PS. The van der Waals surface area contributed by atoms with Crippen LogP contribution in [-0.2, 0) is 10.0 Å². The number of aromatic nitrogens is 2. The minimum Gasteiger partial charge on any atom is -0.233 e. The van der Waals surface area contributed by atoms with Crippen LogP contribution in [0.25, 0.3) is 16.9 Å². The molecule has 0 bridgehead atoms. The van der Waals surface area contributed by atoms with Gasteiger partial charge in [0.2, 0.25) is 10.0 Å². The summed E-state index contributed by atoms with van der Waals surface area (Å²) >= 11 is 0. The fourth-order valence-electron chi connectivity index (χ4n) is 2.56. The van der Waals surface area contributed by atoms with Gasteiger partial charge in [-0.25, -0.2) is 31.4 Å². The van der Waals surface area contributed by atoms with Gasteiger partial charge in [-0.2, -0.15) is 5.10 Å². The first-order valence-electron chi connectivity index (χ1n) is 7.69. The third-order valence-corrected chi connectivity index (χ3v) is 5.77. The molecule has 0 amide bonds. The predicted molar refractivity (Wildman–Crippen MR) is 99.2 cm³/mol. The molecule has 2 N–H and O–H groups in total. The monoisotopic (exact) mass is 413 g/mol. The first kappa shape index (κ1) is 19.5. The fourth-order valence-corrected chi connectivity index (χ4v) is 3.64. The molecule has 0 saturated carbocycles. The molecule has 0 aliphatic heterocycles. The molecule has 1 heterocycles. The Morgan fingerprint density at radius 2 is 1.78 bits per heavy atom. The molecular weight excluding hydrogens is 398 g/mol. The van der Waals surface area contributed by atoms with Crippen LogP contribution < -0.4 is 10.4 Å². The van der Waals surface area contributed by atoms with Crippen LogP contribution in [0, 0.1) is 5.82 Å². The topological polar surface area (TPSA) is 78.0 Å². The van der Waals surface area contributed by atoms with Crippen molar-refractivity contribution in [1.29, 1.82) is 0 Å². The van der Waals surface area contributed by atoms with Crippen molar-refractivity contribution in [2.24, 2.45) is 5.14 Å². The van der Waals surface area contributed by atoms with Gasteiger partial charge in [-0.05, 0) is 43.1 Å². The molecule has 0 saturated heterocycles. The van der Waals surface area contributed by atoms with E-state index in [1.54, 1.807) is 12.1 Å². The zero-order valence-electron chi connectivity index (χ0n) is 14.0. The van der Waals surface area contributed by atoms with Crippen LogP contribution in [0.3, 0.4) is 0 Å². The van der Waals surface area contributed by atoms with Gasteiger partial charge in [-0.1, -0.05) is 20.7 Å². The van der Waals surface area contributed by atoms with E-state index >= 15 is 0 Å². The largest absolute Gasteiger partial charge is 0.282 e. The molecule has 5 nitrogen and oxygen atoms in total. The molecule has 27 heavy (non-hydrogen) atoms. The summed E-state index contributed by atoms with van der Waals surface area (Å²) in [5.41, 5.74) is 0.511. The lowest BCUT2D eigenvalue weighted by atomic mass is 10.1. The molecule has 1 atom stereocenters. The summed E-state index contributed by atoms with van der Waals surface area (Å²) < 4.78 is 64.5. The summed E-state index contributed by atoms with van der Waals surface area (Å²) in [6.07, 6.45) is -2.81. The number of nitrogens with zero attached hydrogens (tertiary/aromatic N) is 2. The molecule has 0 spiro atoms. The number of sulfonamides is 1. The van der Waals surface area contributed by atoms with E-state index in [1.807, 2.05) is 6.66 Å². The van der Waals surface area contributed by atoms with E-state index in [0.29, 0.717) is 16.6 Å². The Bertz CT molecular complexity index is 1080. The van der Waals surface area contributed by atoms with Gasteiger partial charge in [0.05, 0.1) is 16.3 Å². The van der Waals surface area contributed by atoms with Crippen molar-refractivity contribution in [3.63, 3.8) is 0 Å². The van der Waals surface area contributed by atoms with Gasteiger partial charge in [-0.15, -0.1) is 0 Å². The SMILES string of the molecule is CPc1ccc(-c2cc(C(F)F)nn2-c2ccc(S(N)(=O)=O)cc2)cc1F. The number of rotatable bonds is 5. The van der Waals surface area contributed by atoms with Gasteiger partial charge in [0.25, 0.3) is 6.43 Å². The highest BCUT2D eigenvalue weighted by Gasteiger charge is 2.19. The molecule has 3 aromatic rings. The van der Waals surface area contributed by atoms with Crippen LogP contribution in [0.15, 0.2) is 53.4 Å². The summed E-state index contributed by atoms with van der Waals surface area (Å²) in [4.78, 5) is -0.117. The maximum atomic E-state index is 14.2. The van der Waals surface area contributed by atoms with E-state index in [1.165, 1.54) is 41.1 Å². The maximum Gasteiger partial charge on any atom is 0.282 e. The highest BCUT2D eigenvalue weighted by molar-refractivity contribution is 7.89. The maximum absolute atomic E-state index is 14.2. The molecule has 2 aromatic carbocycles. The number of primary sulfonamides is 1. The molecule has 1 aromatic heterocycles. The summed E-state index contributed by atoms with van der Waals surface area (Å²) in [5.74, 6) is -0.427. The van der Waals surface area contributed by atoms with Gasteiger partial charge >= 0.3 is 0 Å². The number of benzene rings is 2. The standard InChI is InChI=1S/C17H15F3N3O2PS/c1-26-16-7-2-10(8-13(16)18)15-9-14(17(19)20)22-23(15)11-3-5-12(6-4-11)27(21,24)25/h2-9,17,26H,1H3,(H2,21,24,25). The lowest BCUT2D eigenvalue weighted by molar-refractivity contribution is 0.145. The van der Waals surface area contributed by atoms with Crippen LogP contribution in [0.1, 0.15) is 12.1 Å². The Hall–Kier alpha value is -2.22.